The highest BCUT2D eigenvalue weighted by Crippen LogP contribution is 2.34. The molecule has 0 fully saturated rings. The summed E-state index contributed by atoms with van der Waals surface area (Å²) in [5.41, 5.74) is 11.5. The monoisotopic (exact) mass is 307 g/mol. The van der Waals surface area contributed by atoms with Gasteiger partial charge in [0.2, 0.25) is 5.91 Å². The van der Waals surface area contributed by atoms with Crippen LogP contribution in [0.1, 0.15) is 24.0 Å². The van der Waals surface area contributed by atoms with Gasteiger partial charge in [0, 0.05) is 23.6 Å². The highest BCUT2D eigenvalue weighted by Gasteiger charge is 2.32. The second kappa shape index (κ2) is 5.61. The van der Waals surface area contributed by atoms with E-state index in [9.17, 15) is 4.79 Å². The van der Waals surface area contributed by atoms with E-state index >= 15 is 0 Å². The molecule has 3 N–H and O–H groups in total. The van der Waals surface area contributed by atoms with Crippen LogP contribution in [0.2, 0.25) is 0 Å². The zero-order valence-electron chi connectivity index (χ0n) is 13.1. The third-order valence-electron chi connectivity index (χ3n) is 4.96. The minimum absolute atomic E-state index is 0.0882. The normalized spacial score (nSPS) is 20.3. The van der Waals surface area contributed by atoms with Gasteiger partial charge in [-0.3, -0.25) is 4.79 Å². The lowest BCUT2D eigenvalue weighted by atomic mass is 9.96. The van der Waals surface area contributed by atoms with Gasteiger partial charge in [0.15, 0.2) is 0 Å². The summed E-state index contributed by atoms with van der Waals surface area (Å²) in [5, 5.41) is 3.10. The summed E-state index contributed by atoms with van der Waals surface area (Å²) in [6.07, 6.45) is 3.77. The number of carbonyl (C=O) groups excluding carboxylic acids is 1. The van der Waals surface area contributed by atoms with Gasteiger partial charge < -0.3 is 16.0 Å². The molecular formula is C19H21N3O. The summed E-state index contributed by atoms with van der Waals surface area (Å²) < 4.78 is 0. The van der Waals surface area contributed by atoms with Crippen LogP contribution in [0.5, 0.6) is 0 Å². The van der Waals surface area contributed by atoms with Gasteiger partial charge in [0.05, 0.1) is 0 Å². The van der Waals surface area contributed by atoms with E-state index in [1.165, 1.54) is 11.1 Å². The summed E-state index contributed by atoms with van der Waals surface area (Å²) in [4.78, 5) is 15.0. The molecule has 1 atom stereocenters. The van der Waals surface area contributed by atoms with Crippen molar-refractivity contribution in [2.75, 3.05) is 22.5 Å². The van der Waals surface area contributed by atoms with E-state index in [1.807, 2.05) is 30.3 Å². The van der Waals surface area contributed by atoms with Crippen LogP contribution in [-0.2, 0) is 17.6 Å². The standard InChI is InChI=1S/C19H21N3O/c20-15-7-3-9-17-14(15)6-4-12-22(17)18-11-10-13-5-1-2-8-16(13)21-19(18)23/h1-3,5,7-9,18H,4,6,10-12,20H2,(H,21,23). The molecule has 118 valence electrons. The predicted molar refractivity (Wildman–Crippen MR) is 93.7 cm³/mol. The van der Waals surface area contributed by atoms with E-state index in [1.54, 1.807) is 0 Å². The van der Waals surface area contributed by atoms with Crippen molar-refractivity contribution in [1.29, 1.82) is 0 Å². The van der Waals surface area contributed by atoms with E-state index in [2.05, 4.69) is 22.3 Å². The molecule has 0 aliphatic carbocycles. The molecule has 4 heteroatoms. The minimum atomic E-state index is -0.136. The topological polar surface area (TPSA) is 58.4 Å². The molecule has 2 aromatic carbocycles. The van der Waals surface area contributed by atoms with E-state index in [0.29, 0.717) is 0 Å². The van der Waals surface area contributed by atoms with Crippen molar-refractivity contribution in [2.45, 2.75) is 31.7 Å². The maximum atomic E-state index is 12.8. The average Bonchev–Trinajstić information content (AvgIpc) is 2.73. The first-order valence-corrected chi connectivity index (χ1v) is 8.27. The van der Waals surface area contributed by atoms with Crippen LogP contribution in [-0.4, -0.2) is 18.5 Å². The molecule has 0 radical (unpaired) electrons. The van der Waals surface area contributed by atoms with Crippen LogP contribution in [0.3, 0.4) is 0 Å². The highest BCUT2D eigenvalue weighted by molar-refractivity contribution is 5.98. The molecule has 1 unspecified atom stereocenters. The fourth-order valence-electron chi connectivity index (χ4n) is 3.80. The summed E-state index contributed by atoms with van der Waals surface area (Å²) in [5.74, 6) is 0.0882. The molecule has 1 amide bonds. The largest absolute Gasteiger partial charge is 0.398 e. The molecular weight excluding hydrogens is 286 g/mol. The van der Waals surface area contributed by atoms with Gasteiger partial charge >= 0.3 is 0 Å². The smallest absolute Gasteiger partial charge is 0.247 e. The number of benzene rings is 2. The average molecular weight is 307 g/mol. The first-order chi connectivity index (χ1) is 11.2. The highest BCUT2D eigenvalue weighted by atomic mass is 16.2. The molecule has 4 rings (SSSR count). The minimum Gasteiger partial charge on any atom is -0.398 e. The van der Waals surface area contributed by atoms with Crippen LogP contribution < -0.4 is 16.0 Å². The van der Waals surface area contributed by atoms with Crippen LogP contribution in [0, 0.1) is 0 Å². The second-order valence-corrected chi connectivity index (χ2v) is 6.34. The van der Waals surface area contributed by atoms with Crippen LogP contribution in [0.15, 0.2) is 42.5 Å². The van der Waals surface area contributed by atoms with Crippen LogP contribution in [0.4, 0.5) is 17.1 Å². The number of rotatable bonds is 1. The number of hydrogen-bond donors (Lipinski definition) is 2. The third-order valence-corrected chi connectivity index (χ3v) is 4.96. The number of amides is 1. The molecule has 0 saturated carbocycles. The molecule has 2 aliphatic heterocycles. The Kier molecular flexibility index (Phi) is 3.45. The molecule has 2 aliphatic rings. The molecule has 0 saturated heterocycles. The zero-order valence-corrected chi connectivity index (χ0v) is 13.1. The van der Waals surface area contributed by atoms with Gasteiger partial charge in [-0.05, 0) is 55.0 Å². The van der Waals surface area contributed by atoms with Gasteiger partial charge in [-0.2, -0.15) is 0 Å². The molecule has 0 bridgehead atoms. The Morgan fingerprint density at radius 3 is 2.87 bits per heavy atom. The fraction of sp³-hybridized carbons (Fsp3) is 0.316. The lowest BCUT2D eigenvalue weighted by Crippen LogP contribution is -2.46. The molecule has 23 heavy (non-hydrogen) atoms. The fourth-order valence-corrected chi connectivity index (χ4v) is 3.80. The first kappa shape index (κ1) is 14.1. The third kappa shape index (κ3) is 2.44. The number of nitrogens with zero attached hydrogens (tertiary/aromatic N) is 1. The molecule has 4 nitrogen and oxygen atoms in total. The van der Waals surface area contributed by atoms with Crippen LogP contribution in [0.25, 0.3) is 0 Å². The molecule has 2 heterocycles. The Bertz CT molecular complexity index is 756. The van der Waals surface area contributed by atoms with Crippen molar-refractivity contribution in [3.8, 4) is 0 Å². The number of carbonyl (C=O) groups is 1. The predicted octanol–water partition coefficient (Wildman–Crippen LogP) is 2.97. The van der Waals surface area contributed by atoms with Crippen molar-refractivity contribution in [1.82, 2.24) is 0 Å². The van der Waals surface area contributed by atoms with E-state index in [-0.39, 0.29) is 11.9 Å². The first-order valence-electron chi connectivity index (χ1n) is 8.27. The molecule has 2 aromatic rings. The molecule has 0 spiro atoms. The Labute approximate surface area is 136 Å². The number of nitrogens with one attached hydrogen (secondary N) is 1. The van der Waals surface area contributed by atoms with Crippen molar-refractivity contribution >= 4 is 23.0 Å². The van der Waals surface area contributed by atoms with Gasteiger partial charge in [-0.1, -0.05) is 24.3 Å². The Morgan fingerprint density at radius 1 is 1.09 bits per heavy atom. The number of nitrogens with two attached hydrogens (primary N) is 1. The maximum Gasteiger partial charge on any atom is 0.247 e. The van der Waals surface area contributed by atoms with Gasteiger partial charge in [-0.15, -0.1) is 0 Å². The lowest BCUT2D eigenvalue weighted by Gasteiger charge is -2.37. The Balaban J connectivity index is 1.68. The maximum absolute atomic E-state index is 12.8. The Morgan fingerprint density at radius 2 is 1.96 bits per heavy atom. The summed E-state index contributed by atoms with van der Waals surface area (Å²) in [6, 6.07) is 14.0. The number of aryl methyl sites for hydroxylation is 1. The van der Waals surface area contributed by atoms with Crippen molar-refractivity contribution in [3.05, 3.63) is 53.6 Å². The SMILES string of the molecule is Nc1cccc2c1CCCN2C1CCc2ccccc2NC1=O. The summed E-state index contributed by atoms with van der Waals surface area (Å²) in [7, 11) is 0. The van der Waals surface area contributed by atoms with E-state index in [0.717, 1.165) is 49.3 Å². The van der Waals surface area contributed by atoms with Crippen molar-refractivity contribution in [2.24, 2.45) is 0 Å². The van der Waals surface area contributed by atoms with Gasteiger partial charge in [-0.25, -0.2) is 0 Å². The number of anilines is 3. The van der Waals surface area contributed by atoms with Crippen molar-refractivity contribution in [3.63, 3.8) is 0 Å². The number of fused-ring (bicyclic) bond motifs is 2. The summed E-state index contributed by atoms with van der Waals surface area (Å²) >= 11 is 0. The second-order valence-electron chi connectivity index (χ2n) is 6.34. The van der Waals surface area contributed by atoms with Gasteiger partial charge in [0.1, 0.15) is 6.04 Å². The van der Waals surface area contributed by atoms with Gasteiger partial charge in [0.25, 0.3) is 0 Å². The van der Waals surface area contributed by atoms with E-state index < -0.39 is 0 Å². The van der Waals surface area contributed by atoms with Crippen molar-refractivity contribution < 1.29 is 4.79 Å². The quantitative estimate of drug-likeness (QED) is 0.796. The zero-order chi connectivity index (χ0) is 15.8. The number of para-hydroxylation sites is 1. The lowest BCUT2D eigenvalue weighted by molar-refractivity contribution is -0.117. The van der Waals surface area contributed by atoms with Crippen LogP contribution >= 0.6 is 0 Å². The number of hydrogen-bond acceptors (Lipinski definition) is 3. The van der Waals surface area contributed by atoms with E-state index in [4.69, 9.17) is 5.73 Å². The molecule has 0 aromatic heterocycles. The summed E-state index contributed by atoms with van der Waals surface area (Å²) in [6.45, 7) is 0.908. The Hall–Kier alpha value is -2.49. The number of nitrogen functional groups attached to an aromatic ring is 1.